The van der Waals surface area contributed by atoms with Crippen molar-refractivity contribution < 1.29 is 41.7 Å². The minimum atomic E-state index is -4.15. The van der Waals surface area contributed by atoms with E-state index in [4.69, 9.17) is 23.7 Å². The molecular weight excluding hydrogens is 833 g/mol. The zero-order valence-corrected chi connectivity index (χ0v) is 38.7. The van der Waals surface area contributed by atoms with Crippen molar-refractivity contribution >= 4 is 27.7 Å². The molecule has 2 saturated heterocycles. The van der Waals surface area contributed by atoms with E-state index in [1.165, 1.54) is 0 Å². The number of aryl methyl sites for hydroxylation is 1. The number of carbonyl (C=O) groups is 2. The second kappa shape index (κ2) is 20.8. The van der Waals surface area contributed by atoms with Crippen LogP contribution in [0.2, 0.25) is 0 Å². The van der Waals surface area contributed by atoms with Gasteiger partial charge >= 0.3 is 6.09 Å². The number of likely N-dealkylation sites (tertiary alicyclic amines) is 1. The highest BCUT2D eigenvalue weighted by Gasteiger charge is 2.53. The summed E-state index contributed by atoms with van der Waals surface area (Å²) in [5.41, 5.74) is 2.46. The second-order valence-electron chi connectivity index (χ2n) is 17.9. The van der Waals surface area contributed by atoms with E-state index in [0.717, 1.165) is 53.2 Å². The Bertz CT molecular complexity index is 2280. The van der Waals surface area contributed by atoms with E-state index in [2.05, 4.69) is 16.3 Å². The van der Waals surface area contributed by atoms with E-state index in [1.54, 1.807) is 35.6 Å². The first-order valence-corrected chi connectivity index (χ1v) is 23.9. The Morgan fingerprint density at radius 1 is 0.875 bits per heavy atom. The van der Waals surface area contributed by atoms with Crippen LogP contribution in [0, 0.1) is 12.3 Å². The first kappa shape index (κ1) is 46.8. The number of nitrogens with one attached hydrogen (secondary N) is 1. The van der Waals surface area contributed by atoms with Gasteiger partial charge in [-0.15, -0.1) is 0 Å². The summed E-state index contributed by atoms with van der Waals surface area (Å²) in [6.07, 6.45) is 2.39. The van der Waals surface area contributed by atoms with E-state index >= 15 is 8.42 Å². The number of amides is 2. The molecule has 3 aliphatic rings. The predicted octanol–water partition coefficient (Wildman–Crippen LogP) is 7.84. The number of ether oxygens (including phenoxy) is 5. The van der Waals surface area contributed by atoms with Crippen LogP contribution in [-0.4, -0.2) is 102 Å². The Kier molecular flexibility index (Phi) is 15.2. The molecule has 0 radical (unpaired) electrons. The van der Waals surface area contributed by atoms with Crippen LogP contribution < -0.4 is 19.7 Å². The van der Waals surface area contributed by atoms with Gasteiger partial charge in [0.25, 0.3) is 0 Å². The van der Waals surface area contributed by atoms with Gasteiger partial charge in [0, 0.05) is 51.4 Å². The highest BCUT2D eigenvalue weighted by Crippen LogP contribution is 2.49. The van der Waals surface area contributed by atoms with Crippen molar-refractivity contribution in [3.63, 3.8) is 0 Å². The average Bonchev–Trinajstić information content (AvgIpc) is 3.31. The lowest BCUT2D eigenvalue weighted by atomic mass is 9.70. The number of nitrogens with zero attached hydrogens (tertiary/aromatic N) is 3. The summed E-state index contributed by atoms with van der Waals surface area (Å²) in [5, 5.41) is 3.28. The van der Waals surface area contributed by atoms with Gasteiger partial charge < -0.3 is 38.8 Å². The van der Waals surface area contributed by atoms with E-state index in [-0.39, 0.29) is 49.1 Å². The largest absolute Gasteiger partial charge is 0.497 e. The molecule has 0 spiro atoms. The number of anilines is 1. The third kappa shape index (κ3) is 11.0. The van der Waals surface area contributed by atoms with Crippen LogP contribution in [0.4, 0.5) is 10.5 Å². The number of carbonyl (C=O) groups excluding carboxylic acids is 2. The first-order valence-electron chi connectivity index (χ1n) is 22.4. The van der Waals surface area contributed by atoms with Gasteiger partial charge in [-0.1, -0.05) is 80.1 Å². The second-order valence-corrected chi connectivity index (χ2v) is 19.8. The Morgan fingerprint density at radius 2 is 1.61 bits per heavy atom. The normalized spacial score (nSPS) is 19.7. The fourth-order valence-electron chi connectivity index (χ4n) is 9.21. The summed E-state index contributed by atoms with van der Waals surface area (Å²) in [5.74, 6) is 1.30. The molecule has 0 aliphatic carbocycles. The number of hydrogen-bond acceptors (Lipinski definition) is 10. The van der Waals surface area contributed by atoms with Crippen molar-refractivity contribution in [1.29, 1.82) is 0 Å². The summed E-state index contributed by atoms with van der Waals surface area (Å²) >= 11 is 0. The van der Waals surface area contributed by atoms with Gasteiger partial charge in [0.1, 0.15) is 24.7 Å². The summed E-state index contributed by atoms with van der Waals surface area (Å²) in [7, 11) is -0.842. The number of fused-ring (bicyclic) bond motifs is 1. The number of hydrogen-bond donors (Lipinski definition) is 1. The lowest BCUT2D eigenvalue weighted by Crippen LogP contribution is -2.59. The molecular formula is C50H64N4O9S. The molecule has 1 N–H and O–H groups in total. The lowest BCUT2D eigenvalue weighted by Gasteiger charge is -2.51. The minimum absolute atomic E-state index is 0.0793. The van der Waals surface area contributed by atoms with Crippen LogP contribution in [0.1, 0.15) is 74.6 Å². The minimum Gasteiger partial charge on any atom is -0.497 e. The Balaban J connectivity index is 1.11. The van der Waals surface area contributed by atoms with Gasteiger partial charge in [0.2, 0.25) is 15.9 Å². The maximum atomic E-state index is 15.2. The van der Waals surface area contributed by atoms with Gasteiger partial charge in [-0.05, 0) is 98.5 Å². The summed E-state index contributed by atoms with van der Waals surface area (Å²) < 4.78 is 61.0. The zero-order chi connectivity index (χ0) is 45.3. The van der Waals surface area contributed by atoms with Crippen molar-refractivity contribution in [3.8, 4) is 11.5 Å². The Morgan fingerprint density at radius 3 is 2.31 bits per heavy atom. The van der Waals surface area contributed by atoms with Gasteiger partial charge in [-0.25, -0.2) is 13.2 Å². The van der Waals surface area contributed by atoms with Gasteiger partial charge in [-0.2, -0.15) is 4.31 Å². The smallest absolute Gasteiger partial charge is 0.410 e. The number of rotatable bonds is 17. The monoisotopic (exact) mass is 896 g/mol. The molecule has 0 unspecified atom stereocenters. The van der Waals surface area contributed by atoms with Gasteiger partial charge in [0.15, 0.2) is 0 Å². The van der Waals surface area contributed by atoms with E-state index in [9.17, 15) is 9.59 Å². The molecule has 0 aromatic heterocycles. The summed E-state index contributed by atoms with van der Waals surface area (Å²) in [6, 6.07) is 30.0. The van der Waals surface area contributed by atoms with Crippen molar-refractivity contribution in [1.82, 2.24) is 14.5 Å². The van der Waals surface area contributed by atoms with Gasteiger partial charge in [0.05, 0.1) is 42.5 Å². The number of sulfonamides is 1. The molecule has 2 atom stereocenters. The maximum absolute atomic E-state index is 15.2. The molecule has 0 bridgehead atoms. The van der Waals surface area contributed by atoms with Crippen LogP contribution in [0.3, 0.4) is 0 Å². The molecule has 3 aliphatic heterocycles. The van der Waals surface area contributed by atoms with Crippen molar-refractivity contribution in [2.75, 3.05) is 65.1 Å². The molecule has 344 valence electrons. The molecule has 4 aromatic rings. The molecule has 13 nitrogen and oxygen atoms in total. The fraction of sp³-hybridized carbons (Fsp3) is 0.480. The summed E-state index contributed by atoms with van der Waals surface area (Å²) in [4.78, 5) is 31.6. The maximum Gasteiger partial charge on any atom is 0.410 e. The van der Waals surface area contributed by atoms with Crippen molar-refractivity contribution in [3.05, 3.63) is 119 Å². The third-order valence-electron chi connectivity index (χ3n) is 12.9. The molecule has 64 heavy (non-hydrogen) atoms. The highest BCUT2D eigenvalue weighted by molar-refractivity contribution is 7.89. The molecule has 0 saturated carbocycles. The van der Waals surface area contributed by atoms with Crippen LogP contribution in [0.15, 0.2) is 102 Å². The molecule has 7 rings (SSSR count). The van der Waals surface area contributed by atoms with Crippen LogP contribution in [-0.2, 0) is 47.8 Å². The molecule has 2 fully saturated rings. The summed E-state index contributed by atoms with van der Waals surface area (Å²) in [6.45, 7) is 10.1. The fourth-order valence-corrected chi connectivity index (χ4v) is 11.0. The quantitative estimate of drug-likeness (QED) is 0.105. The van der Waals surface area contributed by atoms with Crippen molar-refractivity contribution in [2.45, 2.75) is 95.1 Å². The lowest BCUT2D eigenvalue weighted by molar-refractivity contribution is -0.133. The molecule has 4 aromatic carbocycles. The van der Waals surface area contributed by atoms with E-state index in [1.807, 2.05) is 99.6 Å². The number of benzene rings is 4. The Hall–Kier alpha value is -5.15. The van der Waals surface area contributed by atoms with Gasteiger partial charge in [-0.3, -0.25) is 4.79 Å². The first-order chi connectivity index (χ1) is 30.8. The van der Waals surface area contributed by atoms with Crippen molar-refractivity contribution in [2.24, 2.45) is 5.41 Å². The predicted molar refractivity (Wildman–Crippen MR) is 246 cm³/mol. The van der Waals surface area contributed by atoms with E-state index in [0.29, 0.717) is 57.7 Å². The molecule has 3 heterocycles. The Labute approximate surface area is 379 Å². The standard InChI is InChI=1S/C50H64N4O9S/c1-37-12-19-44(20-13-37)64(57,58)54-33-43(62-35-39-14-21-46-45(32-39)52(29-31-61-46)26-9-30-59-4)22-25-50(54,40-15-17-42(60-5)18-16-40)36-49(2,3)47(55)51-41-23-27-53(28-24-41)48(56)63-34-38-10-7-6-8-11-38/h6-8,10-21,32,41,43H,9,22-31,33-36H2,1-5H3,(H,51,55)/t43-,50+/m1/s1. The number of piperidine rings is 2. The van der Waals surface area contributed by atoms with Crippen LogP contribution in [0.5, 0.6) is 11.5 Å². The third-order valence-corrected chi connectivity index (χ3v) is 14.8. The van der Waals surface area contributed by atoms with Crippen LogP contribution in [0.25, 0.3) is 0 Å². The van der Waals surface area contributed by atoms with Crippen LogP contribution >= 0.6 is 0 Å². The topological polar surface area (TPSA) is 136 Å². The average molecular weight is 897 g/mol. The zero-order valence-electron chi connectivity index (χ0n) is 37.9. The highest BCUT2D eigenvalue weighted by atomic mass is 32.2. The SMILES string of the molecule is COCCCN1CCOc2ccc(CO[C@@H]3CC[C@](CC(C)(C)C(=O)NC4CCN(C(=O)OCc5ccccc5)CC4)(c4ccc(OC)cc4)N(S(=O)(=O)c4ccc(C)cc4)C3)cc21. The van der Waals surface area contributed by atoms with E-state index < -0.39 is 27.1 Å². The molecule has 14 heteroatoms. The number of methoxy groups -OCH3 is 2. The molecule has 2 amide bonds.